The predicted molar refractivity (Wildman–Crippen MR) is 102 cm³/mol. The summed E-state index contributed by atoms with van der Waals surface area (Å²) < 4.78 is 52.8. The summed E-state index contributed by atoms with van der Waals surface area (Å²) in [7, 11) is -3.97. The molecule has 2 aromatic carbocycles. The molecule has 5 nitrogen and oxygen atoms in total. The number of hydrogen-bond donors (Lipinski definition) is 0. The molecule has 0 aromatic heterocycles. The van der Waals surface area contributed by atoms with Crippen molar-refractivity contribution in [3.05, 3.63) is 63.6 Å². The maximum Gasteiger partial charge on any atom is 0.243 e. The van der Waals surface area contributed by atoms with Gasteiger partial charge in [-0.3, -0.25) is 4.79 Å². The van der Waals surface area contributed by atoms with Crippen molar-refractivity contribution in [2.24, 2.45) is 0 Å². The average Bonchev–Trinajstić information content (AvgIpc) is 2.66. The Morgan fingerprint density at radius 3 is 2.25 bits per heavy atom. The Balaban J connectivity index is 1.64. The van der Waals surface area contributed by atoms with E-state index in [1.807, 2.05) is 0 Å². The second-order valence-corrected chi connectivity index (χ2v) is 9.05. The molecule has 28 heavy (non-hydrogen) atoms. The summed E-state index contributed by atoms with van der Waals surface area (Å²) in [4.78, 5) is 13.7. The minimum atomic E-state index is -3.97. The number of hydrogen-bond acceptors (Lipinski definition) is 3. The highest BCUT2D eigenvalue weighted by atomic mass is 35.5. The molecule has 1 saturated heterocycles. The first-order valence-electron chi connectivity index (χ1n) is 8.35. The fourth-order valence-electron chi connectivity index (χ4n) is 2.90. The molecule has 3 rings (SSSR count). The van der Waals surface area contributed by atoms with E-state index in [2.05, 4.69) is 0 Å². The highest BCUT2D eigenvalue weighted by molar-refractivity contribution is 7.89. The van der Waals surface area contributed by atoms with Crippen LogP contribution in [0.4, 0.5) is 8.78 Å². The molecule has 1 amide bonds. The molecule has 1 aliphatic heterocycles. The van der Waals surface area contributed by atoms with Gasteiger partial charge in [0.1, 0.15) is 0 Å². The molecule has 0 aliphatic carbocycles. The first kappa shape index (κ1) is 21.0. The van der Waals surface area contributed by atoms with E-state index in [1.54, 1.807) is 23.1 Å². The van der Waals surface area contributed by atoms with Crippen molar-refractivity contribution in [3.63, 3.8) is 0 Å². The Morgan fingerprint density at radius 1 is 0.964 bits per heavy atom. The summed E-state index contributed by atoms with van der Waals surface area (Å²) >= 11 is 11.9. The molecule has 0 atom stereocenters. The van der Waals surface area contributed by atoms with Gasteiger partial charge in [0, 0.05) is 36.2 Å². The molecule has 0 saturated carbocycles. The van der Waals surface area contributed by atoms with Gasteiger partial charge in [0.05, 0.1) is 11.3 Å². The molecule has 2 aromatic rings. The standard InChI is InChI=1S/C18H16Cl2F2N2O3S/c19-13-2-1-12(15(20)10-13)9-18(25)23-5-7-24(8-6-23)28(26,27)14-3-4-16(21)17(22)11-14/h1-4,10-11H,5-9H2. The van der Waals surface area contributed by atoms with Crippen molar-refractivity contribution in [1.29, 1.82) is 0 Å². The van der Waals surface area contributed by atoms with Crippen molar-refractivity contribution >= 4 is 39.1 Å². The second-order valence-electron chi connectivity index (χ2n) is 6.27. The van der Waals surface area contributed by atoms with Gasteiger partial charge >= 0.3 is 0 Å². The van der Waals surface area contributed by atoms with Crippen LogP contribution < -0.4 is 0 Å². The van der Waals surface area contributed by atoms with Crippen LogP contribution in [0.5, 0.6) is 0 Å². The maximum absolute atomic E-state index is 13.4. The van der Waals surface area contributed by atoms with E-state index < -0.39 is 21.7 Å². The molecule has 0 radical (unpaired) electrons. The summed E-state index contributed by atoms with van der Waals surface area (Å²) in [6, 6.07) is 7.32. The lowest BCUT2D eigenvalue weighted by Gasteiger charge is -2.34. The highest BCUT2D eigenvalue weighted by Crippen LogP contribution is 2.23. The Morgan fingerprint density at radius 2 is 1.64 bits per heavy atom. The van der Waals surface area contributed by atoms with E-state index in [0.717, 1.165) is 16.4 Å². The predicted octanol–water partition coefficient (Wildman–Crippen LogP) is 3.35. The number of sulfonamides is 1. The maximum atomic E-state index is 13.4. The van der Waals surface area contributed by atoms with E-state index in [1.165, 1.54) is 0 Å². The normalized spacial score (nSPS) is 15.6. The molecule has 1 heterocycles. The fraction of sp³-hybridized carbons (Fsp3) is 0.278. The third kappa shape index (κ3) is 4.46. The topological polar surface area (TPSA) is 57.7 Å². The minimum absolute atomic E-state index is 0.0570. The van der Waals surface area contributed by atoms with Crippen LogP contribution in [0.25, 0.3) is 0 Å². The number of piperazine rings is 1. The molecule has 0 unspecified atom stereocenters. The first-order chi connectivity index (χ1) is 13.2. The van der Waals surface area contributed by atoms with Crippen LogP contribution in [0.2, 0.25) is 10.0 Å². The number of nitrogens with zero attached hydrogens (tertiary/aromatic N) is 2. The summed E-state index contributed by atoms with van der Waals surface area (Å²) in [5.41, 5.74) is 0.632. The van der Waals surface area contributed by atoms with Gasteiger partial charge < -0.3 is 4.90 Å². The fourth-order valence-corrected chi connectivity index (χ4v) is 4.81. The summed E-state index contributed by atoms with van der Waals surface area (Å²) in [6.07, 6.45) is 0.0753. The Labute approximate surface area is 171 Å². The number of benzene rings is 2. The SMILES string of the molecule is O=C(Cc1ccc(Cl)cc1Cl)N1CCN(S(=O)(=O)c2ccc(F)c(F)c2)CC1. The minimum Gasteiger partial charge on any atom is -0.340 e. The summed E-state index contributed by atoms with van der Waals surface area (Å²) in [5.74, 6) is -2.53. The summed E-state index contributed by atoms with van der Waals surface area (Å²) in [5, 5.41) is 0.859. The quantitative estimate of drug-likeness (QED) is 0.720. The smallest absolute Gasteiger partial charge is 0.243 e. The zero-order valence-electron chi connectivity index (χ0n) is 14.5. The van der Waals surface area contributed by atoms with E-state index in [4.69, 9.17) is 23.2 Å². The van der Waals surface area contributed by atoms with Gasteiger partial charge in [0.15, 0.2) is 11.6 Å². The van der Waals surface area contributed by atoms with Gasteiger partial charge in [-0.2, -0.15) is 4.31 Å². The number of amides is 1. The van der Waals surface area contributed by atoms with Crippen LogP contribution in [0, 0.1) is 11.6 Å². The van der Waals surface area contributed by atoms with Gasteiger partial charge in [0.25, 0.3) is 0 Å². The van der Waals surface area contributed by atoms with Gasteiger partial charge in [-0.25, -0.2) is 17.2 Å². The Kier molecular flexibility index (Phi) is 6.24. The molecule has 1 fully saturated rings. The lowest BCUT2D eigenvalue weighted by molar-refractivity contribution is -0.131. The monoisotopic (exact) mass is 448 g/mol. The molecule has 10 heteroatoms. The molecule has 1 aliphatic rings. The zero-order valence-corrected chi connectivity index (χ0v) is 16.9. The van der Waals surface area contributed by atoms with Crippen LogP contribution >= 0.6 is 23.2 Å². The molecular weight excluding hydrogens is 433 g/mol. The zero-order chi connectivity index (χ0) is 20.5. The Bertz CT molecular complexity index is 1010. The lowest BCUT2D eigenvalue weighted by Crippen LogP contribution is -2.50. The van der Waals surface area contributed by atoms with E-state index in [9.17, 15) is 22.0 Å². The average molecular weight is 449 g/mol. The second kappa shape index (κ2) is 8.32. The molecule has 150 valence electrons. The molecule has 0 bridgehead atoms. The van der Waals surface area contributed by atoms with E-state index in [0.29, 0.717) is 21.7 Å². The lowest BCUT2D eigenvalue weighted by atomic mass is 10.1. The first-order valence-corrected chi connectivity index (χ1v) is 10.5. The van der Waals surface area contributed by atoms with E-state index in [-0.39, 0.29) is 43.4 Å². The van der Waals surface area contributed by atoms with Crippen molar-refractivity contribution in [1.82, 2.24) is 9.21 Å². The van der Waals surface area contributed by atoms with Crippen LogP contribution in [0.3, 0.4) is 0 Å². The van der Waals surface area contributed by atoms with Gasteiger partial charge in [-0.1, -0.05) is 29.3 Å². The third-order valence-corrected chi connectivity index (χ3v) is 6.96. The highest BCUT2D eigenvalue weighted by Gasteiger charge is 2.30. The third-order valence-electron chi connectivity index (χ3n) is 4.48. The largest absolute Gasteiger partial charge is 0.340 e. The molecular formula is C18H16Cl2F2N2O3S. The van der Waals surface area contributed by atoms with E-state index >= 15 is 0 Å². The van der Waals surface area contributed by atoms with Crippen molar-refractivity contribution in [3.8, 4) is 0 Å². The van der Waals surface area contributed by atoms with Crippen molar-refractivity contribution in [2.45, 2.75) is 11.3 Å². The number of rotatable bonds is 4. The van der Waals surface area contributed by atoms with Crippen LogP contribution in [-0.2, 0) is 21.2 Å². The summed E-state index contributed by atoms with van der Waals surface area (Å²) in [6.45, 7) is 0.489. The number of carbonyl (C=O) groups excluding carboxylic acids is 1. The van der Waals surface area contributed by atoms with Gasteiger partial charge in [-0.15, -0.1) is 0 Å². The van der Waals surface area contributed by atoms with Crippen LogP contribution in [0.15, 0.2) is 41.3 Å². The van der Waals surface area contributed by atoms with Gasteiger partial charge in [0.2, 0.25) is 15.9 Å². The molecule has 0 spiro atoms. The van der Waals surface area contributed by atoms with Crippen LogP contribution in [0.1, 0.15) is 5.56 Å². The van der Waals surface area contributed by atoms with Gasteiger partial charge in [-0.05, 0) is 35.9 Å². The van der Waals surface area contributed by atoms with Crippen molar-refractivity contribution < 1.29 is 22.0 Å². The Hall–Kier alpha value is -1.74. The van der Waals surface area contributed by atoms with Crippen LogP contribution in [-0.4, -0.2) is 49.7 Å². The number of halogens is 4. The number of carbonyl (C=O) groups is 1. The van der Waals surface area contributed by atoms with Crippen molar-refractivity contribution in [2.75, 3.05) is 26.2 Å². The molecule has 0 N–H and O–H groups in total.